The van der Waals surface area contributed by atoms with Crippen molar-refractivity contribution in [2.24, 2.45) is 0 Å². The third kappa shape index (κ3) is 2.14. The fraction of sp³-hybridized carbons (Fsp3) is 0.385. The monoisotopic (exact) mass is 245 g/mol. The molecule has 18 heavy (non-hydrogen) atoms. The van der Waals surface area contributed by atoms with Crippen LogP contribution in [0.15, 0.2) is 28.8 Å². The second kappa shape index (κ2) is 4.51. The smallest absolute Gasteiger partial charge is 0.244 e. The van der Waals surface area contributed by atoms with E-state index in [4.69, 9.17) is 4.52 Å². The van der Waals surface area contributed by atoms with Crippen molar-refractivity contribution in [2.75, 3.05) is 6.54 Å². The molecule has 1 saturated heterocycles. The van der Waals surface area contributed by atoms with Gasteiger partial charge in [-0.1, -0.05) is 35.0 Å². The summed E-state index contributed by atoms with van der Waals surface area (Å²) in [4.78, 5) is 4.38. The molecule has 2 atom stereocenters. The molecule has 1 aliphatic rings. The molecule has 0 radical (unpaired) electrons. The zero-order valence-corrected chi connectivity index (χ0v) is 10.1. The normalized spacial score (nSPS) is 23.4. The molecule has 1 aromatic heterocycles. The zero-order chi connectivity index (χ0) is 12.5. The summed E-state index contributed by atoms with van der Waals surface area (Å²) in [5.41, 5.74) is 2.14. The Bertz CT molecular complexity index is 535. The van der Waals surface area contributed by atoms with Crippen LogP contribution in [-0.4, -0.2) is 27.9 Å². The number of nitrogens with one attached hydrogen (secondary N) is 1. The fourth-order valence-corrected chi connectivity index (χ4v) is 2.10. The lowest BCUT2D eigenvalue weighted by Crippen LogP contribution is -2.15. The Morgan fingerprint density at radius 3 is 2.78 bits per heavy atom. The Balaban J connectivity index is 1.83. The summed E-state index contributed by atoms with van der Waals surface area (Å²) in [5, 5.41) is 16.6. The van der Waals surface area contributed by atoms with Crippen LogP contribution in [0.2, 0.25) is 0 Å². The van der Waals surface area contributed by atoms with Gasteiger partial charge in [0.25, 0.3) is 0 Å². The van der Waals surface area contributed by atoms with Crippen molar-refractivity contribution >= 4 is 0 Å². The van der Waals surface area contributed by atoms with Crippen molar-refractivity contribution in [3.05, 3.63) is 35.7 Å². The minimum absolute atomic E-state index is 0.0355. The SMILES string of the molecule is Cc1ccc(-c2noc([C@@H]3C[C@@H](O)CN3)n2)cc1. The number of aryl methyl sites for hydroxylation is 1. The molecule has 0 spiro atoms. The molecule has 0 bridgehead atoms. The van der Waals surface area contributed by atoms with Crippen LogP contribution in [-0.2, 0) is 0 Å². The molecule has 3 rings (SSSR count). The van der Waals surface area contributed by atoms with Crippen LogP contribution in [0.4, 0.5) is 0 Å². The molecular formula is C13H15N3O2. The van der Waals surface area contributed by atoms with E-state index in [0.717, 1.165) is 5.56 Å². The molecule has 2 aromatic rings. The van der Waals surface area contributed by atoms with E-state index in [1.54, 1.807) is 0 Å². The van der Waals surface area contributed by atoms with E-state index in [9.17, 15) is 5.11 Å². The average Bonchev–Trinajstić information content (AvgIpc) is 2.98. The summed E-state index contributed by atoms with van der Waals surface area (Å²) in [6.07, 6.45) is 0.292. The quantitative estimate of drug-likeness (QED) is 0.837. The number of hydrogen-bond acceptors (Lipinski definition) is 5. The number of aliphatic hydroxyl groups excluding tert-OH is 1. The molecule has 1 fully saturated rings. The number of aliphatic hydroxyl groups is 1. The molecule has 94 valence electrons. The Morgan fingerprint density at radius 2 is 2.11 bits per heavy atom. The van der Waals surface area contributed by atoms with Gasteiger partial charge in [0.1, 0.15) is 0 Å². The van der Waals surface area contributed by atoms with Crippen LogP contribution in [0.5, 0.6) is 0 Å². The van der Waals surface area contributed by atoms with Crippen molar-refractivity contribution in [3.63, 3.8) is 0 Å². The standard InChI is InChI=1S/C13H15N3O2/c1-8-2-4-9(5-3-8)12-15-13(18-16-12)11-6-10(17)7-14-11/h2-5,10-11,14,17H,6-7H2,1H3/t10-,11+/m1/s1. The van der Waals surface area contributed by atoms with Gasteiger partial charge in [0.05, 0.1) is 12.1 Å². The summed E-state index contributed by atoms with van der Waals surface area (Å²) in [6, 6.07) is 7.94. The van der Waals surface area contributed by atoms with Gasteiger partial charge >= 0.3 is 0 Å². The molecular weight excluding hydrogens is 230 g/mol. The minimum atomic E-state index is -0.329. The van der Waals surface area contributed by atoms with Gasteiger partial charge in [-0.2, -0.15) is 4.98 Å². The Hall–Kier alpha value is -1.72. The minimum Gasteiger partial charge on any atom is -0.392 e. The Morgan fingerprint density at radius 1 is 1.33 bits per heavy atom. The van der Waals surface area contributed by atoms with Gasteiger partial charge in [0.2, 0.25) is 11.7 Å². The maximum absolute atomic E-state index is 9.46. The van der Waals surface area contributed by atoms with Gasteiger partial charge in [0.15, 0.2) is 0 Å². The third-order valence-corrected chi connectivity index (χ3v) is 3.16. The lowest BCUT2D eigenvalue weighted by Gasteiger charge is -2.01. The topological polar surface area (TPSA) is 71.2 Å². The average molecular weight is 245 g/mol. The first-order valence-electron chi connectivity index (χ1n) is 6.04. The third-order valence-electron chi connectivity index (χ3n) is 3.16. The highest BCUT2D eigenvalue weighted by Gasteiger charge is 2.28. The van der Waals surface area contributed by atoms with E-state index in [1.807, 2.05) is 31.2 Å². The van der Waals surface area contributed by atoms with Crippen LogP contribution in [0, 0.1) is 6.92 Å². The first-order chi connectivity index (χ1) is 8.72. The fourth-order valence-electron chi connectivity index (χ4n) is 2.10. The van der Waals surface area contributed by atoms with Crippen molar-refractivity contribution in [2.45, 2.75) is 25.5 Å². The number of β-amino-alcohol motifs (C(OH)–C–C–N with tert-alkyl or cyclic N) is 1. The Kier molecular flexibility index (Phi) is 2.85. The molecule has 0 aliphatic carbocycles. The summed E-state index contributed by atoms with van der Waals surface area (Å²) in [5.74, 6) is 1.13. The van der Waals surface area contributed by atoms with Crippen LogP contribution in [0.1, 0.15) is 23.9 Å². The molecule has 0 saturated carbocycles. The second-order valence-corrected chi connectivity index (χ2v) is 4.67. The summed E-state index contributed by atoms with van der Waals surface area (Å²) in [6.45, 7) is 2.61. The van der Waals surface area contributed by atoms with Crippen LogP contribution in [0.25, 0.3) is 11.4 Å². The largest absolute Gasteiger partial charge is 0.392 e. The highest BCUT2D eigenvalue weighted by Crippen LogP contribution is 2.24. The lowest BCUT2D eigenvalue weighted by molar-refractivity contribution is 0.191. The molecule has 1 aliphatic heterocycles. The first kappa shape index (κ1) is 11.4. The van der Waals surface area contributed by atoms with Crippen LogP contribution in [0.3, 0.4) is 0 Å². The van der Waals surface area contributed by atoms with Crippen molar-refractivity contribution in [1.82, 2.24) is 15.5 Å². The predicted octanol–water partition coefficient (Wildman–Crippen LogP) is 1.44. The maximum atomic E-state index is 9.46. The van der Waals surface area contributed by atoms with Crippen LogP contribution < -0.4 is 5.32 Å². The number of hydrogen-bond donors (Lipinski definition) is 2. The molecule has 5 nitrogen and oxygen atoms in total. The number of benzene rings is 1. The second-order valence-electron chi connectivity index (χ2n) is 4.67. The molecule has 2 heterocycles. The lowest BCUT2D eigenvalue weighted by atomic mass is 10.1. The van der Waals surface area contributed by atoms with Gasteiger partial charge in [-0.3, -0.25) is 0 Å². The highest BCUT2D eigenvalue weighted by atomic mass is 16.5. The van der Waals surface area contributed by atoms with Gasteiger partial charge in [-0.05, 0) is 13.3 Å². The molecule has 1 aromatic carbocycles. The van der Waals surface area contributed by atoms with Crippen molar-refractivity contribution < 1.29 is 9.63 Å². The van der Waals surface area contributed by atoms with E-state index in [1.165, 1.54) is 5.56 Å². The molecule has 2 N–H and O–H groups in total. The molecule has 0 amide bonds. The summed E-state index contributed by atoms with van der Waals surface area (Å²) < 4.78 is 5.25. The van der Waals surface area contributed by atoms with E-state index < -0.39 is 0 Å². The maximum Gasteiger partial charge on any atom is 0.244 e. The molecule has 0 unspecified atom stereocenters. The number of nitrogens with zero attached hydrogens (tertiary/aromatic N) is 2. The summed E-state index contributed by atoms with van der Waals surface area (Å²) in [7, 11) is 0. The van der Waals surface area contributed by atoms with Gasteiger partial charge in [0, 0.05) is 12.1 Å². The van der Waals surface area contributed by atoms with E-state index in [-0.39, 0.29) is 12.1 Å². The number of aromatic nitrogens is 2. The van der Waals surface area contributed by atoms with E-state index >= 15 is 0 Å². The first-order valence-corrected chi connectivity index (χ1v) is 6.04. The van der Waals surface area contributed by atoms with E-state index in [2.05, 4.69) is 15.5 Å². The van der Waals surface area contributed by atoms with Gasteiger partial charge in [-0.15, -0.1) is 0 Å². The predicted molar refractivity (Wildman–Crippen MR) is 65.8 cm³/mol. The van der Waals surface area contributed by atoms with Crippen molar-refractivity contribution in [3.8, 4) is 11.4 Å². The van der Waals surface area contributed by atoms with Gasteiger partial charge < -0.3 is 14.9 Å². The van der Waals surface area contributed by atoms with Crippen LogP contribution >= 0.6 is 0 Å². The number of rotatable bonds is 2. The Labute approximate surface area is 105 Å². The highest BCUT2D eigenvalue weighted by molar-refractivity contribution is 5.54. The van der Waals surface area contributed by atoms with Crippen molar-refractivity contribution in [1.29, 1.82) is 0 Å². The van der Waals surface area contributed by atoms with E-state index in [0.29, 0.717) is 24.7 Å². The zero-order valence-electron chi connectivity index (χ0n) is 10.1. The molecule has 5 heteroatoms. The van der Waals surface area contributed by atoms with Gasteiger partial charge in [-0.25, -0.2) is 0 Å². The summed E-state index contributed by atoms with van der Waals surface area (Å²) >= 11 is 0.